The minimum atomic E-state index is 0.254. The summed E-state index contributed by atoms with van der Waals surface area (Å²) in [6.45, 7) is 5.22. The summed E-state index contributed by atoms with van der Waals surface area (Å²) in [7, 11) is 0. The predicted molar refractivity (Wildman–Crippen MR) is 82.1 cm³/mol. The van der Waals surface area contributed by atoms with Gasteiger partial charge in [0.05, 0.1) is 0 Å². The average Bonchev–Trinajstić information content (AvgIpc) is 2.38. The van der Waals surface area contributed by atoms with Gasteiger partial charge in [-0.05, 0) is 47.0 Å². The Labute approximate surface area is 114 Å². The molecule has 0 radical (unpaired) electrons. The van der Waals surface area contributed by atoms with Crippen LogP contribution in [0.5, 0.6) is 0 Å². The van der Waals surface area contributed by atoms with Crippen LogP contribution in [0.4, 0.5) is 0 Å². The molecule has 0 aliphatic heterocycles. The van der Waals surface area contributed by atoms with Crippen molar-refractivity contribution in [3.63, 3.8) is 0 Å². The standard InChI is InChI=1S/C16H21NS/c1-16(2,12-17)9-10-18-15-8-7-13-5-3-4-6-14(13)11-15/h3-8,11H,9-10,12,17H2,1-2H3. The lowest BCUT2D eigenvalue weighted by atomic mass is 9.91. The molecule has 0 fully saturated rings. The van der Waals surface area contributed by atoms with Crippen molar-refractivity contribution in [2.45, 2.75) is 25.2 Å². The van der Waals surface area contributed by atoms with E-state index in [0.29, 0.717) is 0 Å². The molecule has 2 aromatic carbocycles. The van der Waals surface area contributed by atoms with Gasteiger partial charge in [-0.1, -0.05) is 44.2 Å². The molecule has 18 heavy (non-hydrogen) atoms. The minimum absolute atomic E-state index is 0.254. The van der Waals surface area contributed by atoms with E-state index >= 15 is 0 Å². The van der Waals surface area contributed by atoms with Crippen molar-refractivity contribution in [3.05, 3.63) is 42.5 Å². The Morgan fingerprint density at radius 2 is 1.78 bits per heavy atom. The van der Waals surface area contributed by atoms with E-state index in [0.717, 1.165) is 18.7 Å². The van der Waals surface area contributed by atoms with E-state index in [1.54, 1.807) is 0 Å². The quantitative estimate of drug-likeness (QED) is 0.810. The molecule has 0 saturated carbocycles. The lowest BCUT2D eigenvalue weighted by Gasteiger charge is -2.21. The van der Waals surface area contributed by atoms with Crippen LogP contribution in [0.25, 0.3) is 10.8 Å². The van der Waals surface area contributed by atoms with Crippen molar-refractivity contribution >= 4 is 22.5 Å². The van der Waals surface area contributed by atoms with E-state index in [9.17, 15) is 0 Å². The molecule has 2 rings (SSSR count). The molecule has 0 bridgehead atoms. The fourth-order valence-electron chi connectivity index (χ4n) is 1.80. The molecule has 0 saturated heterocycles. The number of benzene rings is 2. The average molecular weight is 259 g/mol. The van der Waals surface area contributed by atoms with Crippen LogP contribution < -0.4 is 5.73 Å². The van der Waals surface area contributed by atoms with Gasteiger partial charge in [0.15, 0.2) is 0 Å². The van der Waals surface area contributed by atoms with E-state index in [1.807, 2.05) is 11.8 Å². The zero-order chi connectivity index (χ0) is 13.0. The third kappa shape index (κ3) is 3.50. The van der Waals surface area contributed by atoms with Crippen molar-refractivity contribution < 1.29 is 0 Å². The molecular formula is C16H21NS. The minimum Gasteiger partial charge on any atom is -0.330 e. The first-order chi connectivity index (χ1) is 8.61. The van der Waals surface area contributed by atoms with Crippen LogP contribution in [0.1, 0.15) is 20.3 Å². The first-order valence-electron chi connectivity index (χ1n) is 6.42. The molecule has 96 valence electrons. The maximum atomic E-state index is 5.75. The maximum absolute atomic E-state index is 5.75. The Morgan fingerprint density at radius 3 is 2.50 bits per heavy atom. The number of nitrogens with two attached hydrogens (primary N) is 1. The van der Waals surface area contributed by atoms with Crippen LogP contribution in [0.2, 0.25) is 0 Å². The third-order valence-electron chi connectivity index (χ3n) is 3.32. The van der Waals surface area contributed by atoms with Crippen LogP contribution >= 0.6 is 11.8 Å². The van der Waals surface area contributed by atoms with Gasteiger partial charge in [-0.3, -0.25) is 0 Å². The Balaban J connectivity index is 2.00. The van der Waals surface area contributed by atoms with Gasteiger partial charge < -0.3 is 5.73 Å². The van der Waals surface area contributed by atoms with Gasteiger partial charge in [0.25, 0.3) is 0 Å². The number of hydrogen-bond donors (Lipinski definition) is 1. The topological polar surface area (TPSA) is 26.0 Å². The molecule has 2 heteroatoms. The molecular weight excluding hydrogens is 238 g/mol. The monoisotopic (exact) mass is 259 g/mol. The Bertz CT molecular complexity index is 519. The Morgan fingerprint density at radius 1 is 1.06 bits per heavy atom. The fourth-order valence-corrected chi connectivity index (χ4v) is 3.07. The van der Waals surface area contributed by atoms with Crippen molar-refractivity contribution in [2.75, 3.05) is 12.3 Å². The highest BCUT2D eigenvalue weighted by Crippen LogP contribution is 2.27. The molecule has 0 atom stereocenters. The number of rotatable bonds is 5. The third-order valence-corrected chi connectivity index (χ3v) is 4.32. The first-order valence-corrected chi connectivity index (χ1v) is 7.41. The van der Waals surface area contributed by atoms with Crippen molar-refractivity contribution in [2.24, 2.45) is 11.1 Å². The highest BCUT2D eigenvalue weighted by atomic mass is 32.2. The summed E-state index contributed by atoms with van der Waals surface area (Å²) in [4.78, 5) is 1.35. The highest BCUT2D eigenvalue weighted by molar-refractivity contribution is 7.99. The Kier molecular flexibility index (Phi) is 4.31. The van der Waals surface area contributed by atoms with E-state index in [-0.39, 0.29) is 5.41 Å². The zero-order valence-corrected chi connectivity index (χ0v) is 12.0. The molecule has 2 N–H and O–H groups in total. The molecule has 0 amide bonds. The predicted octanol–water partition coefficient (Wildman–Crippen LogP) is 4.31. The molecule has 0 unspecified atom stereocenters. The highest BCUT2D eigenvalue weighted by Gasteiger charge is 2.14. The normalized spacial score (nSPS) is 11.9. The lowest BCUT2D eigenvalue weighted by Crippen LogP contribution is -2.23. The van der Waals surface area contributed by atoms with Crippen molar-refractivity contribution in [1.29, 1.82) is 0 Å². The molecule has 0 aliphatic carbocycles. The summed E-state index contributed by atoms with van der Waals surface area (Å²) in [5, 5.41) is 2.63. The van der Waals surface area contributed by atoms with Gasteiger partial charge in [-0.25, -0.2) is 0 Å². The van der Waals surface area contributed by atoms with Crippen molar-refractivity contribution in [1.82, 2.24) is 0 Å². The van der Waals surface area contributed by atoms with E-state index in [2.05, 4.69) is 56.3 Å². The van der Waals surface area contributed by atoms with Gasteiger partial charge in [0, 0.05) is 4.90 Å². The van der Waals surface area contributed by atoms with E-state index < -0.39 is 0 Å². The molecule has 0 heterocycles. The summed E-state index contributed by atoms with van der Waals surface area (Å²) in [6.07, 6.45) is 1.15. The molecule has 2 aromatic rings. The fraction of sp³-hybridized carbons (Fsp3) is 0.375. The van der Waals surface area contributed by atoms with E-state index in [1.165, 1.54) is 15.7 Å². The van der Waals surface area contributed by atoms with Crippen LogP contribution in [0.15, 0.2) is 47.4 Å². The summed E-state index contributed by atoms with van der Waals surface area (Å²) in [5.41, 5.74) is 6.00. The van der Waals surface area contributed by atoms with Crippen molar-refractivity contribution in [3.8, 4) is 0 Å². The second kappa shape index (κ2) is 5.77. The number of fused-ring (bicyclic) bond motifs is 1. The van der Waals surface area contributed by atoms with Gasteiger partial charge in [0.2, 0.25) is 0 Å². The van der Waals surface area contributed by atoms with Crippen LogP contribution in [-0.2, 0) is 0 Å². The largest absolute Gasteiger partial charge is 0.330 e. The summed E-state index contributed by atoms with van der Waals surface area (Å²) >= 11 is 1.92. The Hall–Kier alpha value is -0.990. The van der Waals surface area contributed by atoms with Crippen LogP contribution in [0.3, 0.4) is 0 Å². The van der Waals surface area contributed by atoms with Crippen LogP contribution in [-0.4, -0.2) is 12.3 Å². The second-order valence-corrected chi connectivity index (χ2v) is 6.64. The van der Waals surface area contributed by atoms with Gasteiger partial charge in [0.1, 0.15) is 0 Å². The number of hydrogen-bond acceptors (Lipinski definition) is 2. The second-order valence-electron chi connectivity index (χ2n) is 5.48. The zero-order valence-electron chi connectivity index (χ0n) is 11.1. The molecule has 0 aromatic heterocycles. The van der Waals surface area contributed by atoms with E-state index in [4.69, 9.17) is 5.73 Å². The van der Waals surface area contributed by atoms with Gasteiger partial charge >= 0.3 is 0 Å². The van der Waals surface area contributed by atoms with Crippen LogP contribution in [0, 0.1) is 5.41 Å². The summed E-state index contributed by atoms with van der Waals surface area (Å²) < 4.78 is 0. The smallest absolute Gasteiger partial charge is 0.00783 e. The molecule has 0 spiro atoms. The SMILES string of the molecule is CC(C)(CN)CCSc1ccc2ccccc2c1. The van der Waals surface area contributed by atoms with Gasteiger partial charge in [-0.15, -0.1) is 11.8 Å². The number of thioether (sulfide) groups is 1. The molecule has 0 aliphatic rings. The van der Waals surface area contributed by atoms with Gasteiger partial charge in [-0.2, -0.15) is 0 Å². The maximum Gasteiger partial charge on any atom is 0.00783 e. The molecule has 1 nitrogen and oxygen atoms in total. The summed E-state index contributed by atoms with van der Waals surface area (Å²) in [5.74, 6) is 1.13. The first kappa shape index (κ1) is 13.4. The lowest BCUT2D eigenvalue weighted by molar-refractivity contribution is 0.368. The summed E-state index contributed by atoms with van der Waals surface area (Å²) in [6, 6.07) is 15.2.